The normalized spacial score (nSPS) is 16.3. The van der Waals surface area contributed by atoms with Gasteiger partial charge >= 0.3 is 0 Å². The first kappa shape index (κ1) is 18.3. The lowest BCUT2D eigenvalue weighted by atomic mass is 10.2. The van der Waals surface area contributed by atoms with Crippen LogP contribution in [0.25, 0.3) is 0 Å². The molecular weight excluding hydrogens is 330 g/mol. The van der Waals surface area contributed by atoms with Crippen LogP contribution < -0.4 is 15.0 Å². The van der Waals surface area contributed by atoms with E-state index in [2.05, 4.69) is 21.2 Å². The molecule has 1 atom stereocenters. The first-order valence-electron chi connectivity index (χ1n) is 9.19. The highest BCUT2D eigenvalue weighted by molar-refractivity contribution is 5.78. The fourth-order valence-electron chi connectivity index (χ4n) is 3.24. The van der Waals surface area contributed by atoms with E-state index >= 15 is 0 Å². The summed E-state index contributed by atoms with van der Waals surface area (Å²) in [5.74, 6) is 1.72. The number of carbonyl (C=O) groups excluding carboxylic acids is 1. The minimum absolute atomic E-state index is 0.0251. The van der Waals surface area contributed by atoms with Crippen molar-refractivity contribution < 1.29 is 13.9 Å². The van der Waals surface area contributed by atoms with E-state index in [0.29, 0.717) is 13.2 Å². The Bertz CT molecular complexity index is 694. The lowest BCUT2D eigenvalue weighted by molar-refractivity contribution is -0.123. The van der Waals surface area contributed by atoms with Crippen molar-refractivity contribution in [3.05, 3.63) is 48.4 Å². The average molecular weight is 357 g/mol. The number of ether oxygens (including phenoxy) is 1. The summed E-state index contributed by atoms with van der Waals surface area (Å²) in [6, 6.07) is 11.7. The van der Waals surface area contributed by atoms with Crippen LogP contribution in [0.15, 0.2) is 47.1 Å². The highest BCUT2D eigenvalue weighted by Gasteiger charge is 2.22. The van der Waals surface area contributed by atoms with Crippen LogP contribution >= 0.6 is 0 Å². The number of hydrogen-bond donors (Lipinski definition) is 1. The SMILES string of the molecule is CCOc1ccccc1N1CCN(CC(=O)N[C@H](C)c2ccco2)CC1. The number of amides is 1. The number of benzene rings is 1. The van der Waals surface area contributed by atoms with Gasteiger partial charge in [-0.2, -0.15) is 0 Å². The minimum Gasteiger partial charge on any atom is -0.492 e. The van der Waals surface area contributed by atoms with Gasteiger partial charge in [-0.05, 0) is 38.1 Å². The van der Waals surface area contributed by atoms with Crippen LogP contribution in [0.2, 0.25) is 0 Å². The van der Waals surface area contributed by atoms with Gasteiger partial charge in [-0.1, -0.05) is 12.1 Å². The average Bonchev–Trinajstić information content (AvgIpc) is 3.18. The van der Waals surface area contributed by atoms with Gasteiger partial charge in [0.05, 0.1) is 31.1 Å². The molecule has 0 unspecified atom stereocenters. The van der Waals surface area contributed by atoms with Crippen LogP contribution in [0.3, 0.4) is 0 Å². The van der Waals surface area contributed by atoms with Gasteiger partial charge in [-0.25, -0.2) is 0 Å². The number of para-hydroxylation sites is 2. The first-order chi connectivity index (χ1) is 12.7. The molecule has 0 radical (unpaired) electrons. The molecule has 1 aliphatic rings. The van der Waals surface area contributed by atoms with Crippen LogP contribution in [0.5, 0.6) is 5.75 Å². The maximum absolute atomic E-state index is 12.3. The third-order valence-electron chi connectivity index (χ3n) is 4.59. The number of nitrogens with zero attached hydrogens (tertiary/aromatic N) is 2. The number of anilines is 1. The Balaban J connectivity index is 1.49. The molecule has 1 aromatic carbocycles. The van der Waals surface area contributed by atoms with Gasteiger partial charge in [0.25, 0.3) is 0 Å². The lowest BCUT2D eigenvalue weighted by Gasteiger charge is -2.36. The van der Waals surface area contributed by atoms with Crippen LogP contribution in [0, 0.1) is 0 Å². The molecule has 1 aliphatic heterocycles. The molecule has 1 amide bonds. The molecule has 1 saturated heterocycles. The molecule has 0 spiro atoms. The maximum Gasteiger partial charge on any atom is 0.234 e. The smallest absolute Gasteiger partial charge is 0.234 e. The first-order valence-corrected chi connectivity index (χ1v) is 9.19. The third-order valence-corrected chi connectivity index (χ3v) is 4.59. The van der Waals surface area contributed by atoms with Crippen LogP contribution in [0.4, 0.5) is 5.69 Å². The van der Waals surface area contributed by atoms with Crippen molar-refractivity contribution in [1.29, 1.82) is 0 Å². The highest BCUT2D eigenvalue weighted by atomic mass is 16.5. The summed E-state index contributed by atoms with van der Waals surface area (Å²) < 4.78 is 11.1. The van der Waals surface area contributed by atoms with Crippen molar-refractivity contribution in [2.45, 2.75) is 19.9 Å². The molecule has 6 nitrogen and oxygen atoms in total. The van der Waals surface area contributed by atoms with E-state index in [1.54, 1.807) is 6.26 Å². The maximum atomic E-state index is 12.3. The summed E-state index contributed by atoms with van der Waals surface area (Å²) in [5.41, 5.74) is 1.13. The zero-order valence-electron chi connectivity index (χ0n) is 15.5. The molecule has 2 heterocycles. The predicted molar refractivity (Wildman–Crippen MR) is 102 cm³/mol. The second kappa shape index (κ2) is 8.76. The lowest BCUT2D eigenvalue weighted by Crippen LogP contribution is -2.49. The van der Waals surface area contributed by atoms with Crippen LogP contribution in [-0.4, -0.2) is 50.1 Å². The Morgan fingerprint density at radius 2 is 1.96 bits per heavy atom. The van der Waals surface area contributed by atoms with Gasteiger partial charge < -0.3 is 19.4 Å². The van der Waals surface area contributed by atoms with E-state index in [1.165, 1.54) is 0 Å². The quantitative estimate of drug-likeness (QED) is 0.826. The Hall–Kier alpha value is -2.47. The molecule has 1 fully saturated rings. The van der Waals surface area contributed by atoms with Gasteiger partial charge in [0.1, 0.15) is 11.5 Å². The fraction of sp³-hybridized carbons (Fsp3) is 0.450. The molecule has 0 saturated carbocycles. The van der Waals surface area contributed by atoms with Crippen LogP contribution in [0.1, 0.15) is 25.6 Å². The summed E-state index contributed by atoms with van der Waals surface area (Å²) in [4.78, 5) is 16.8. The number of piperazine rings is 1. The Labute approximate surface area is 154 Å². The molecule has 26 heavy (non-hydrogen) atoms. The number of hydrogen-bond acceptors (Lipinski definition) is 5. The van der Waals surface area contributed by atoms with Crippen LogP contribution in [-0.2, 0) is 4.79 Å². The highest BCUT2D eigenvalue weighted by Crippen LogP contribution is 2.28. The van der Waals surface area contributed by atoms with Crippen molar-refractivity contribution in [3.8, 4) is 5.75 Å². The summed E-state index contributed by atoms with van der Waals surface area (Å²) in [6.07, 6.45) is 1.62. The number of carbonyl (C=O) groups is 1. The van der Waals surface area contributed by atoms with E-state index in [-0.39, 0.29) is 11.9 Å². The molecule has 6 heteroatoms. The number of rotatable bonds is 7. The topological polar surface area (TPSA) is 58.0 Å². The minimum atomic E-state index is -0.114. The van der Waals surface area contributed by atoms with Crippen molar-refractivity contribution in [2.75, 3.05) is 44.2 Å². The molecule has 2 aromatic rings. The number of furan rings is 1. The molecule has 0 bridgehead atoms. The van der Waals surface area contributed by atoms with Gasteiger partial charge in [0.2, 0.25) is 5.91 Å². The summed E-state index contributed by atoms with van der Waals surface area (Å²) >= 11 is 0. The summed E-state index contributed by atoms with van der Waals surface area (Å²) in [6.45, 7) is 8.45. The van der Waals surface area contributed by atoms with E-state index in [1.807, 2.05) is 44.2 Å². The van der Waals surface area contributed by atoms with Crippen molar-refractivity contribution in [1.82, 2.24) is 10.2 Å². The summed E-state index contributed by atoms with van der Waals surface area (Å²) in [5, 5.41) is 2.99. The molecule has 3 rings (SSSR count). The van der Waals surface area contributed by atoms with E-state index in [9.17, 15) is 4.79 Å². The fourth-order valence-corrected chi connectivity index (χ4v) is 3.24. The zero-order chi connectivity index (χ0) is 18.4. The standard InChI is InChI=1S/C20H27N3O3/c1-3-25-19-8-5-4-7-17(19)23-12-10-22(11-13-23)15-20(24)21-16(2)18-9-6-14-26-18/h4-9,14,16H,3,10-13,15H2,1-2H3,(H,21,24)/t16-/m1/s1. The van der Waals surface area contributed by atoms with Gasteiger partial charge in [0, 0.05) is 26.2 Å². The second-order valence-corrected chi connectivity index (χ2v) is 6.47. The van der Waals surface area contributed by atoms with Crippen molar-refractivity contribution in [3.63, 3.8) is 0 Å². The second-order valence-electron chi connectivity index (χ2n) is 6.47. The molecular formula is C20H27N3O3. The Morgan fingerprint density at radius 1 is 1.19 bits per heavy atom. The molecule has 1 N–H and O–H groups in total. The van der Waals surface area contributed by atoms with Gasteiger partial charge in [-0.3, -0.25) is 9.69 Å². The largest absolute Gasteiger partial charge is 0.492 e. The van der Waals surface area contributed by atoms with Gasteiger partial charge in [-0.15, -0.1) is 0 Å². The van der Waals surface area contributed by atoms with E-state index < -0.39 is 0 Å². The monoisotopic (exact) mass is 357 g/mol. The summed E-state index contributed by atoms with van der Waals surface area (Å²) in [7, 11) is 0. The molecule has 140 valence electrons. The predicted octanol–water partition coefficient (Wildman–Crippen LogP) is 2.68. The third kappa shape index (κ3) is 4.58. The molecule has 1 aromatic heterocycles. The zero-order valence-corrected chi connectivity index (χ0v) is 15.5. The Kier molecular flexibility index (Phi) is 6.17. The molecule has 0 aliphatic carbocycles. The van der Waals surface area contributed by atoms with Crippen molar-refractivity contribution in [2.24, 2.45) is 0 Å². The van der Waals surface area contributed by atoms with Crippen molar-refractivity contribution >= 4 is 11.6 Å². The van der Waals surface area contributed by atoms with Gasteiger partial charge in [0.15, 0.2) is 0 Å². The van der Waals surface area contributed by atoms with E-state index in [0.717, 1.165) is 43.4 Å². The van der Waals surface area contributed by atoms with E-state index in [4.69, 9.17) is 9.15 Å². The number of nitrogens with one attached hydrogen (secondary N) is 1. The Morgan fingerprint density at radius 3 is 2.65 bits per heavy atom.